The number of halogens is 3. The van der Waals surface area contributed by atoms with Gasteiger partial charge in [-0.1, -0.05) is 0 Å². The number of carbonyl (C=O) groups is 1. The fraction of sp³-hybridized carbons (Fsp3) is 0.900. The molecule has 7 heteroatoms. The van der Waals surface area contributed by atoms with Gasteiger partial charge in [0.15, 0.2) is 0 Å². The summed E-state index contributed by atoms with van der Waals surface area (Å²) in [4.78, 5) is 12.7. The first-order valence-corrected chi connectivity index (χ1v) is 5.43. The van der Waals surface area contributed by atoms with Gasteiger partial charge in [0.25, 0.3) is 0 Å². The molecule has 1 aliphatic heterocycles. The zero-order valence-corrected chi connectivity index (χ0v) is 9.67. The summed E-state index contributed by atoms with van der Waals surface area (Å²) in [5.41, 5.74) is 5.22. The van der Waals surface area contributed by atoms with Gasteiger partial charge in [-0.2, -0.15) is 13.2 Å². The Balaban J connectivity index is 2.68. The summed E-state index contributed by atoms with van der Waals surface area (Å²) in [7, 11) is 1.36. The molecule has 0 radical (unpaired) electrons. The summed E-state index contributed by atoms with van der Waals surface area (Å²) in [5, 5.41) is 0. The van der Waals surface area contributed by atoms with Crippen molar-refractivity contribution in [1.29, 1.82) is 0 Å². The molecule has 0 aromatic heterocycles. The van der Waals surface area contributed by atoms with Crippen LogP contribution in [0.25, 0.3) is 0 Å². The quantitative estimate of drug-likeness (QED) is 0.800. The lowest BCUT2D eigenvalue weighted by Crippen LogP contribution is -2.33. The van der Waals surface area contributed by atoms with Gasteiger partial charge in [-0.3, -0.25) is 4.79 Å². The van der Waals surface area contributed by atoms with Crippen molar-refractivity contribution >= 4 is 5.91 Å². The maximum absolute atomic E-state index is 12.7. The summed E-state index contributed by atoms with van der Waals surface area (Å²) in [5.74, 6) is -2.49. The van der Waals surface area contributed by atoms with E-state index in [1.54, 1.807) is 0 Å². The van der Waals surface area contributed by atoms with E-state index < -0.39 is 18.0 Å². The molecule has 0 aromatic rings. The smallest absolute Gasteiger partial charge is 0.384 e. The van der Waals surface area contributed by atoms with E-state index in [4.69, 9.17) is 10.5 Å². The Morgan fingerprint density at radius 1 is 1.47 bits per heavy atom. The molecule has 1 saturated heterocycles. The van der Waals surface area contributed by atoms with Crippen molar-refractivity contribution in [3.63, 3.8) is 0 Å². The zero-order chi connectivity index (χ0) is 13.1. The van der Waals surface area contributed by atoms with Gasteiger partial charge in [0.2, 0.25) is 5.91 Å². The van der Waals surface area contributed by atoms with Gasteiger partial charge >= 0.3 is 6.18 Å². The number of ether oxygens (including phenoxy) is 1. The van der Waals surface area contributed by atoms with Crippen LogP contribution in [0.5, 0.6) is 0 Å². The molecule has 1 aliphatic rings. The average Bonchev–Trinajstić information content (AvgIpc) is 2.62. The van der Waals surface area contributed by atoms with Crippen LogP contribution < -0.4 is 5.73 Å². The molecule has 0 aromatic carbocycles. The maximum Gasteiger partial charge on any atom is 0.393 e. The van der Waals surface area contributed by atoms with Crippen molar-refractivity contribution < 1.29 is 22.7 Å². The molecule has 2 atom stereocenters. The van der Waals surface area contributed by atoms with Crippen molar-refractivity contribution in [3.05, 3.63) is 0 Å². The van der Waals surface area contributed by atoms with Gasteiger partial charge in [-0.05, 0) is 0 Å². The standard InChI is InChI=1S/C10H17F3N2O2/c1-17-6-7-4-15(9(16)2-3-14)5-8(7)10(11,12)13/h7-8H,2-6,14H2,1H3/t7-,8+/m0/s1. The molecular weight excluding hydrogens is 237 g/mol. The van der Waals surface area contributed by atoms with E-state index in [1.807, 2.05) is 0 Å². The van der Waals surface area contributed by atoms with Crippen molar-refractivity contribution in [2.24, 2.45) is 17.6 Å². The molecule has 100 valence electrons. The third-order valence-corrected chi connectivity index (χ3v) is 2.95. The summed E-state index contributed by atoms with van der Waals surface area (Å²) in [6, 6.07) is 0. The third kappa shape index (κ3) is 3.57. The van der Waals surface area contributed by atoms with E-state index in [2.05, 4.69) is 0 Å². The fourth-order valence-electron chi connectivity index (χ4n) is 2.11. The summed E-state index contributed by atoms with van der Waals surface area (Å²) >= 11 is 0. The highest BCUT2D eigenvalue weighted by Crippen LogP contribution is 2.37. The van der Waals surface area contributed by atoms with Crippen LogP contribution in [0.3, 0.4) is 0 Å². The molecule has 0 unspecified atom stereocenters. The van der Waals surface area contributed by atoms with Gasteiger partial charge < -0.3 is 15.4 Å². The first-order valence-electron chi connectivity index (χ1n) is 5.43. The summed E-state index contributed by atoms with van der Waals surface area (Å²) in [6.07, 6.45) is -4.20. The number of hydrogen-bond donors (Lipinski definition) is 1. The second-order valence-electron chi connectivity index (χ2n) is 4.20. The van der Waals surface area contributed by atoms with E-state index in [0.29, 0.717) is 0 Å². The van der Waals surface area contributed by atoms with Crippen LogP contribution in [0.2, 0.25) is 0 Å². The largest absolute Gasteiger partial charge is 0.393 e. The molecule has 17 heavy (non-hydrogen) atoms. The van der Waals surface area contributed by atoms with Gasteiger partial charge in [-0.25, -0.2) is 0 Å². The van der Waals surface area contributed by atoms with Gasteiger partial charge in [0.1, 0.15) is 0 Å². The molecule has 2 N–H and O–H groups in total. The Hall–Kier alpha value is -0.820. The predicted octanol–water partition coefficient (Wildman–Crippen LogP) is 0.618. The van der Waals surface area contributed by atoms with Crippen molar-refractivity contribution in [2.45, 2.75) is 12.6 Å². The highest BCUT2D eigenvalue weighted by molar-refractivity contribution is 5.76. The second-order valence-corrected chi connectivity index (χ2v) is 4.20. The number of rotatable bonds is 4. The molecule has 0 spiro atoms. The SMILES string of the molecule is COC[C@@H]1CN(C(=O)CCN)C[C@H]1C(F)(F)F. The Labute approximate surface area is 97.9 Å². The maximum atomic E-state index is 12.7. The van der Waals surface area contributed by atoms with E-state index in [9.17, 15) is 18.0 Å². The molecule has 0 bridgehead atoms. The normalized spacial score (nSPS) is 25.4. The van der Waals surface area contributed by atoms with Crippen LogP contribution in [0.15, 0.2) is 0 Å². The lowest BCUT2D eigenvalue weighted by Gasteiger charge is -2.19. The molecule has 1 heterocycles. The highest BCUT2D eigenvalue weighted by Gasteiger charge is 2.50. The monoisotopic (exact) mass is 254 g/mol. The van der Waals surface area contributed by atoms with Crippen molar-refractivity contribution in [2.75, 3.05) is 33.4 Å². The zero-order valence-electron chi connectivity index (χ0n) is 9.67. The van der Waals surface area contributed by atoms with Gasteiger partial charge in [0, 0.05) is 39.1 Å². The van der Waals surface area contributed by atoms with Crippen molar-refractivity contribution in [1.82, 2.24) is 4.90 Å². The van der Waals surface area contributed by atoms with E-state index in [0.717, 1.165) is 0 Å². The predicted molar refractivity (Wildman–Crippen MR) is 55.2 cm³/mol. The number of likely N-dealkylation sites (tertiary alicyclic amines) is 1. The minimum absolute atomic E-state index is 0.0105. The van der Waals surface area contributed by atoms with Crippen LogP contribution in [-0.2, 0) is 9.53 Å². The summed E-state index contributed by atoms with van der Waals surface area (Å²) in [6.45, 7) is -0.0231. The first kappa shape index (κ1) is 14.2. The Morgan fingerprint density at radius 2 is 2.12 bits per heavy atom. The Morgan fingerprint density at radius 3 is 2.59 bits per heavy atom. The minimum Gasteiger partial charge on any atom is -0.384 e. The first-order chi connectivity index (χ1) is 7.90. The summed E-state index contributed by atoms with van der Waals surface area (Å²) < 4.78 is 43.0. The van der Waals surface area contributed by atoms with Crippen molar-refractivity contribution in [3.8, 4) is 0 Å². The number of hydrogen-bond acceptors (Lipinski definition) is 3. The number of carbonyl (C=O) groups excluding carboxylic acids is 1. The molecule has 0 saturated carbocycles. The van der Waals surface area contributed by atoms with Crippen LogP contribution >= 0.6 is 0 Å². The van der Waals surface area contributed by atoms with E-state index in [-0.39, 0.29) is 38.6 Å². The van der Waals surface area contributed by atoms with Gasteiger partial charge in [-0.15, -0.1) is 0 Å². The number of alkyl halides is 3. The topological polar surface area (TPSA) is 55.6 Å². The minimum atomic E-state index is -4.29. The van der Waals surface area contributed by atoms with Gasteiger partial charge in [0.05, 0.1) is 12.5 Å². The van der Waals surface area contributed by atoms with E-state index in [1.165, 1.54) is 12.0 Å². The Bertz CT molecular complexity index is 271. The highest BCUT2D eigenvalue weighted by atomic mass is 19.4. The van der Waals surface area contributed by atoms with Crippen LogP contribution in [0.1, 0.15) is 6.42 Å². The molecular formula is C10H17F3N2O2. The molecule has 1 rings (SSSR count). The lowest BCUT2D eigenvalue weighted by atomic mass is 9.96. The molecule has 1 fully saturated rings. The number of nitrogens with zero attached hydrogens (tertiary/aromatic N) is 1. The molecule has 4 nitrogen and oxygen atoms in total. The van der Waals surface area contributed by atoms with Crippen LogP contribution in [0, 0.1) is 11.8 Å². The molecule has 0 aliphatic carbocycles. The number of methoxy groups -OCH3 is 1. The number of nitrogens with two attached hydrogens (primary N) is 1. The van der Waals surface area contributed by atoms with Crippen LogP contribution in [-0.4, -0.2) is 50.3 Å². The lowest BCUT2D eigenvalue weighted by molar-refractivity contribution is -0.183. The molecule has 1 amide bonds. The van der Waals surface area contributed by atoms with E-state index >= 15 is 0 Å². The third-order valence-electron chi connectivity index (χ3n) is 2.95. The fourth-order valence-corrected chi connectivity index (χ4v) is 2.11. The Kier molecular flexibility index (Phi) is 4.76. The van der Waals surface area contributed by atoms with Crippen LogP contribution in [0.4, 0.5) is 13.2 Å². The second kappa shape index (κ2) is 5.68. The average molecular weight is 254 g/mol. The number of amides is 1.